The smallest absolute Gasteiger partial charge is 0.335 e. The zero-order valence-corrected chi connectivity index (χ0v) is 12.8. The van der Waals surface area contributed by atoms with Crippen molar-refractivity contribution in [1.82, 2.24) is 0 Å². The Labute approximate surface area is 130 Å². The number of hydrogen-bond acceptors (Lipinski definition) is 3. The van der Waals surface area contributed by atoms with Gasteiger partial charge in [-0.15, -0.1) is 0 Å². The average Bonchev–Trinajstić information content (AvgIpc) is 2.47. The first kappa shape index (κ1) is 15.1. The third-order valence-corrected chi connectivity index (χ3v) is 3.69. The van der Waals surface area contributed by atoms with E-state index in [0.717, 1.165) is 11.1 Å². The van der Waals surface area contributed by atoms with Gasteiger partial charge < -0.3 is 9.84 Å². The van der Waals surface area contributed by atoms with Crippen LogP contribution in [0.2, 0.25) is 0 Å². The van der Waals surface area contributed by atoms with Gasteiger partial charge in [0, 0.05) is 0 Å². The molecule has 0 atom stereocenters. The SMILES string of the molecule is Cc1cc(C#N)ccc1COc1cc(C(=O)O)ccc1Br. The Hall–Kier alpha value is -2.32. The molecule has 1 N–H and O–H groups in total. The van der Waals surface area contributed by atoms with Gasteiger partial charge in [0.25, 0.3) is 0 Å². The van der Waals surface area contributed by atoms with Crippen LogP contribution in [-0.2, 0) is 6.61 Å². The van der Waals surface area contributed by atoms with Crippen molar-refractivity contribution >= 4 is 21.9 Å². The molecule has 0 bridgehead atoms. The minimum atomic E-state index is -0.998. The summed E-state index contributed by atoms with van der Waals surface area (Å²) in [4.78, 5) is 11.0. The molecule has 0 unspecified atom stereocenters. The van der Waals surface area contributed by atoms with Gasteiger partial charge in [-0.1, -0.05) is 6.07 Å². The molecule has 0 spiro atoms. The molecule has 0 heterocycles. The molecule has 0 amide bonds. The lowest BCUT2D eigenvalue weighted by molar-refractivity contribution is 0.0696. The second-order valence-electron chi connectivity index (χ2n) is 4.49. The van der Waals surface area contributed by atoms with Gasteiger partial charge in [-0.25, -0.2) is 4.79 Å². The van der Waals surface area contributed by atoms with Crippen molar-refractivity contribution < 1.29 is 14.6 Å². The summed E-state index contributed by atoms with van der Waals surface area (Å²) in [6, 6.07) is 12.1. The zero-order chi connectivity index (χ0) is 15.4. The number of nitrogens with zero attached hydrogens (tertiary/aromatic N) is 1. The maximum atomic E-state index is 11.0. The van der Waals surface area contributed by atoms with Gasteiger partial charge >= 0.3 is 5.97 Å². The number of aryl methyl sites for hydroxylation is 1. The molecule has 106 valence electrons. The predicted octanol–water partition coefficient (Wildman–Crippen LogP) is 3.91. The number of aromatic carboxylic acids is 1. The van der Waals surface area contributed by atoms with Crippen LogP contribution in [0.3, 0.4) is 0 Å². The Bertz CT molecular complexity index is 735. The Morgan fingerprint density at radius 1 is 1.33 bits per heavy atom. The van der Waals surface area contributed by atoms with Crippen LogP contribution < -0.4 is 4.74 Å². The number of hydrogen-bond donors (Lipinski definition) is 1. The number of benzene rings is 2. The first-order chi connectivity index (χ1) is 10.0. The fraction of sp³-hybridized carbons (Fsp3) is 0.125. The molecule has 0 aliphatic rings. The van der Waals surface area contributed by atoms with Crippen LogP contribution in [0.15, 0.2) is 40.9 Å². The van der Waals surface area contributed by atoms with Gasteiger partial charge in [-0.3, -0.25) is 0 Å². The summed E-state index contributed by atoms with van der Waals surface area (Å²) in [6.07, 6.45) is 0. The molecule has 5 heteroatoms. The zero-order valence-electron chi connectivity index (χ0n) is 11.3. The van der Waals surface area contributed by atoms with Gasteiger partial charge in [0.15, 0.2) is 0 Å². The monoisotopic (exact) mass is 345 g/mol. The predicted molar refractivity (Wildman–Crippen MR) is 81.3 cm³/mol. The minimum absolute atomic E-state index is 0.171. The van der Waals surface area contributed by atoms with Crippen molar-refractivity contribution in [2.75, 3.05) is 0 Å². The molecule has 0 aromatic heterocycles. The Morgan fingerprint density at radius 2 is 2.10 bits per heavy atom. The van der Waals surface area contributed by atoms with Crippen molar-refractivity contribution in [3.05, 3.63) is 63.1 Å². The number of halogens is 1. The second-order valence-corrected chi connectivity index (χ2v) is 5.35. The summed E-state index contributed by atoms with van der Waals surface area (Å²) < 4.78 is 6.37. The van der Waals surface area contributed by atoms with Crippen LogP contribution in [0.4, 0.5) is 0 Å². The normalized spacial score (nSPS) is 9.95. The largest absolute Gasteiger partial charge is 0.488 e. The fourth-order valence-corrected chi connectivity index (χ4v) is 2.19. The molecule has 4 nitrogen and oxygen atoms in total. The van der Waals surface area contributed by atoms with E-state index >= 15 is 0 Å². The molecular formula is C16H12BrNO3. The number of carbonyl (C=O) groups is 1. The van der Waals surface area contributed by atoms with E-state index in [9.17, 15) is 4.79 Å². The topological polar surface area (TPSA) is 70.3 Å². The summed E-state index contributed by atoms with van der Waals surface area (Å²) in [5.41, 5.74) is 2.68. The van der Waals surface area contributed by atoms with Crippen molar-refractivity contribution in [3.63, 3.8) is 0 Å². The summed E-state index contributed by atoms with van der Waals surface area (Å²) in [5, 5.41) is 17.8. The van der Waals surface area contributed by atoms with Gasteiger partial charge in [0.2, 0.25) is 0 Å². The van der Waals surface area contributed by atoms with E-state index in [0.29, 0.717) is 22.4 Å². The van der Waals surface area contributed by atoms with E-state index in [-0.39, 0.29) is 5.56 Å². The molecular weight excluding hydrogens is 334 g/mol. The molecule has 0 saturated carbocycles. The number of carboxylic acids is 1. The lowest BCUT2D eigenvalue weighted by Crippen LogP contribution is -2.01. The molecule has 0 fully saturated rings. The van der Waals surface area contributed by atoms with Crippen LogP contribution >= 0.6 is 15.9 Å². The number of carboxylic acid groups (broad SMARTS) is 1. The summed E-state index contributed by atoms with van der Waals surface area (Å²) in [6.45, 7) is 2.21. The van der Waals surface area contributed by atoms with E-state index in [1.807, 2.05) is 13.0 Å². The Kier molecular flexibility index (Phi) is 4.61. The van der Waals surface area contributed by atoms with Crippen LogP contribution in [0.5, 0.6) is 5.75 Å². The number of rotatable bonds is 4. The molecule has 2 aromatic rings. The van der Waals surface area contributed by atoms with Gasteiger partial charge in [-0.05, 0) is 64.3 Å². The van der Waals surface area contributed by atoms with Gasteiger partial charge in [0.1, 0.15) is 12.4 Å². The van der Waals surface area contributed by atoms with E-state index < -0.39 is 5.97 Å². The molecule has 2 aromatic carbocycles. The molecule has 0 aliphatic heterocycles. The number of ether oxygens (including phenoxy) is 1. The Morgan fingerprint density at radius 3 is 2.71 bits per heavy atom. The molecule has 0 aliphatic carbocycles. The maximum absolute atomic E-state index is 11.0. The highest BCUT2D eigenvalue weighted by Crippen LogP contribution is 2.27. The van der Waals surface area contributed by atoms with Crippen molar-refractivity contribution in [3.8, 4) is 11.8 Å². The van der Waals surface area contributed by atoms with E-state index in [1.54, 1.807) is 18.2 Å². The fourth-order valence-electron chi connectivity index (χ4n) is 1.83. The first-order valence-corrected chi connectivity index (χ1v) is 6.96. The van der Waals surface area contributed by atoms with Gasteiger partial charge in [-0.2, -0.15) is 5.26 Å². The summed E-state index contributed by atoms with van der Waals surface area (Å²) >= 11 is 3.33. The lowest BCUT2D eigenvalue weighted by Gasteiger charge is -2.11. The molecule has 0 saturated heterocycles. The van der Waals surface area contributed by atoms with Crippen molar-refractivity contribution in [2.45, 2.75) is 13.5 Å². The van der Waals surface area contributed by atoms with E-state index in [2.05, 4.69) is 22.0 Å². The van der Waals surface area contributed by atoms with Crippen LogP contribution in [-0.4, -0.2) is 11.1 Å². The first-order valence-electron chi connectivity index (χ1n) is 6.16. The maximum Gasteiger partial charge on any atom is 0.335 e. The molecule has 2 rings (SSSR count). The van der Waals surface area contributed by atoms with Crippen molar-refractivity contribution in [2.24, 2.45) is 0 Å². The van der Waals surface area contributed by atoms with Crippen molar-refractivity contribution in [1.29, 1.82) is 5.26 Å². The highest BCUT2D eigenvalue weighted by Gasteiger charge is 2.09. The van der Waals surface area contributed by atoms with Crippen LogP contribution in [0.1, 0.15) is 27.0 Å². The summed E-state index contributed by atoms with van der Waals surface area (Å²) in [5.74, 6) is -0.527. The second kappa shape index (κ2) is 6.42. The highest BCUT2D eigenvalue weighted by molar-refractivity contribution is 9.10. The molecule has 21 heavy (non-hydrogen) atoms. The van der Waals surface area contributed by atoms with E-state index in [1.165, 1.54) is 12.1 Å². The minimum Gasteiger partial charge on any atom is -0.488 e. The lowest BCUT2D eigenvalue weighted by atomic mass is 10.1. The molecule has 0 radical (unpaired) electrons. The summed E-state index contributed by atoms with van der Waals surface area (Å²) in [7, 11) is 0. The van der Waals surface area contributed by atoms with Gasteiger partial charge in [0.05, 0.1) is 21.7 Å². The third kappa shape index (κ3) is 3.61. The highest BCUT2D eigenvalue weighted by atomic mass is 79.9. The standard InChI is InChI=1S/C16H12BrNO3/c1-10-6-11(8-18)2-3-13(10)9-21-15-7-12(16(19)20)4-5-14(15)17/h2-7H,9H2,1H3,(H,19,20). The Balaban J connectivity index is 2.18. The average molecular weight is 346 g/mol. The van der Waals surface area contributed by atoms with Crippen LogP contribution in [0.25, 0.3) is 0 Å². The van der Waals surface area contributed by atoms with E-state index in [4.69, 9.17) is 15.1 Å². The number of nitriles is 1. The third-order valence-electron chi connectivity index (χ3n) is 3.03. The quantitative estimate of drug-likeness (QED) is 0.911. The van der Waals surface area contributed by atoms with Crippen LogP contribution in [0, 0.1) is 18.3 Å².